The maximum Gasteiger partial charge on any atom is 0.0701 e. The average Bonchev–Trinajstić information content (AvgIpc) is 2.91. The Morgan fingerprint density at radius 2 is 2.25 bits per heavy atom. The molecule has 0 spiro atoms. The first-order valence-electron chi connectivity index (χ1n) is 5.30. The molecule has 1 unspecified atom stereocenters. The SMILES string of the molecule is CCCNC(c1ccsc1)c1csc(Br)c1. The predicted octanol–water partition coefficient (Wildman–Crippen LogP) is 4.66. The Hall–Kier alpha value is -0.160. The summed E-state index contributed by atoms with van der Waals surface area (Å²) in [6.45, 7) is 3.25. The van der Waals surface area contributed by atoms with Gasteiger partial charge in [0.15, 0.2) is 0 Å². The van der Waals surface area contributed by atoms with Crippen LogP contribution in [0.5, 0.6) is 0 Å². The van der Waals surface area contributed by atoms with Crippen LogP contribution in [0.4, 0.5) is 0 Å². The Kier molecular flexibility index (Phi) is 4.58. The third kappa shape index (κ3) is 2.94. The van der Waals surface area contributed by atoms with E-state index in [4.69, 9.17) is 0 Å². The summed E-state index contributed by atoms with van der Waals surface area (Å²) in [5.74, 6) is 0. The van der Waals surface area contributed by atoms with Crippen LogP contribution in [0.15, 0.2) is 32.1 Å². The molecule has 86 valence electrons. The van der Waals surface area contributed by atoms with Crippen LogP contribution in [-0.4, -0.2) is 6.54 Å². The second-order valence-electron chi connectivity index (χ2n) is 3.63. The van der Waals surface area contributed by atoms with Crippen molar-refractivity contribution in [3.05, 3.63) is 43.2 Å². The summed E-state index contributed by atoms with van der Waals surface area (Å²) in [6, 6.07) is 4.74. The first-order valence-corrected chi connectivity index (χ1v) is 7.92. The van der Waals surface area contributed by atoms with Crippen LogP contribution >= 0.6 is 38.6 Å². The van der Waals surface area contributed by atoms with E-state index in [1.165, 1.54) is 14.9 Å². The third-order valence-electron chi connectivity index (χ3n) is 2.40. The van der Waals surface area contributed by atoms with Crippen molar-refractivity contribution in [1.82, 2.24) is 5.32 Å². The summed E-state index contributed by atoms with van der Waals surface area (Å²) in [5.41, 5.74) is 2.72. The molecule has 2 heterocycles. The molecule has 0 amide bonds. The highest BCUT2D eigenvalue weighted by molar-refractivity contribution is 9.11. The maximum atomic E-state index is 3.59. The molecule has 0 bridgehead atoms. The van der Waals surface area contributed by atoms with Gasteiger partial charge in [0.25, 0.3) is 0 Å². The first-order chi connectivity index (χ1) is 7.81. The largest absolute Gasteiger partial charge is 0.306 e. The minimum atomic E-state index is 0.341. The van der Waals surface area contributed by atoms with Crippen molar-refractivity contribution in [2.24, 2.45) is 0 Å². The van der Waals surface area contributed by atoms with Crippen LogP contribution in [0, 0.1) is 0 Å². The zero-order valence-electron chi connectivity index (χ0n) is 9.07. The maximum absolute atomic E-state index is 3.59. The van der Waals surface area contributed by atoms with E-state index in [0.717, 1.165) is 13.0 Å². The van der Waals surface area contributed by atoms with Crippen molar-refractivity contribution < 1.29 is 0 Å². The van der Waals surface area contributed by atoms with E-state index in [1.54, 1.807) is 22.7 Å². The Bertz CT molecular complexity index is 422. The fourth-order valence-corrected chi connectivity index (χ4v) is 3.52. The Labute approximate surface area is 113 Å². The Balaban J connectivity index is 2.21. The minimum absolute atomic E-state index is 0.341. The van der Waals surface area contributed by atoms with Crippen molar-refractivity contribution in [3.8, 4) is 0 Å². The molecule has 16 heavy (non-hydrogen) atoms. The molecule has 0 saturated carbocycles. The lowest BCUT2D eigenvalue weighted by Gasteiger charge is -2.16. The summed E-state index contributed by atoms with van der Waals surface area (Å²) in [4.78, 5) is 0. The van der Waals surface area contributed by atoms with Crippen LogP contribution in [0.1, 0.15) is 30.5 Å². The Morgan fingerprint density at radius 1 is 1.38 bits per heavy atom. The summed E-state index contributed by atoms with van der Waals surface area (Å²) < 4.78 is 1.20. The van der Waals surface area contributed by atoms with Gasteiger partial charge in [-0.15, -0.1) is 11.3 Å². The average molecular weight is 316 g/mol. The zero-order chi connectivity index (χ0) is 11.4. The van der Waals surface area contributed by atoms with Crippen LogP contribution in [0.2, 0.25) is 0 Å². The molecule has 0 aliphatic carbocycles. The lowest BCUT2D eigenvalue weighted by molar-refractivity contribution is 0.601. The second kappa shape index (κ2) is 5.96. The van der Waals surface area contributed by atoms with Gasteiger partial charge in [-0.3, -0.25) is 0 Å². The standard InChI is InChI=1S/C12H14BrNS2/c1-2-4-14-12(9-3-5-15-7-9)10-6-11(13)16-8-10/h3,5-8,12,14H,2,4H2,1H3. The highest BCUT2D eigenvalue weighted by Gasteiger charge is 2.14. The quantitative estimate of drug-likeness (QED) is 0.846. The Morgan fingerprint density at radius 3 is 2.81 bits per heavy atom. The molecule has 0 radical (unpaired) electrons. The summed E-state index contributed by atoms with van der Waals surface area (Å²) >= 11 is 7.02. The summed E-state index contributed by atoms with van der Waals surface area (Å²) in [5, 5.41) is 10.2. The lowest BCUT2D eigenvalue weighted by Crippen LogP contribution is -2.22. The molecular weight excluding hydrogens is 302 g/mol. The van der Waals surface area contributed by atoms with Crippen molar-refractivity contribution >= 4 is 38.6 Å². The van der Waals surface area contributed by atoms with Gasteiger partial charge in [-0.1, -0.05) is 6.92 Å². The van der Waals surface area contributed by atoms with Gasteiger partial charge >= 0.3 is 0 Å². The molecule has 2 rings (SSSR count). The number of hydrogen-bond donors (Lipinski definition) is 1. The van der Waals surface area contributed by atoms with Gasteiger partial charge in [0.05, 0.1) is 9.83 Å². The van der Waals surface area contributed by atoms with E-state index >= 15 is 0 Å². The predicted molar refractivity (Wildman–Crippen MR) is 76.5 cm³/mol. The van der Waals surface area contributed by atoms with E-state index in [2.05, 4.69) is 56.4 Å². The fraction of sp³-hybridized carbons (Fsp3) is 0.333. The smallest absolute Gasteiger partial charge is 0.0701 e. The van der Waals surface area contributed by atoms with E-state index in [9.17, 15) is 0 Å². The number of halogens is 1. The number of hydrogen-bond acceptors (Lipinski definition) is 3. The number of nitrogens with one attached hydrogen (secondary N) is 1. The minimum Gasteiger partial charge on any atom is -0.306 e. The van der Waals surface area contributed by atoms with Gasteiger partial charge < -0.3 is 5.32 Å². The van der Waals surface area contributed by atoms with Crippen LogP contribution < -0.4 is 5.32 Å². The monoisotopic (exact) mass is 315 g/mol. The normalized spacial score (nSPS) is 12.9. The fourth-order valence-electron chi connectivity index (χ4n) is 1.63. The van der Waals surface area contributed by atoms with Gasteiger partial charge in [0.1, 0.15) is 0 Å². The van der Waals surface area contributed by atoms with Crippen molar-refractivity contribution in [1.29, 1.82) is 0 Å². The van der Waals surface area contributed by atoms with E-state index in [1.807, 2.05) is 0 Å². The van der Waals surface area contributed by atoms with Crippen LogP contribution in [-0.2, 0) is 0 Å². The van der Waals surface area contributed by atoms with Crippen LogP contribution in [0.25, 0.3) is 0 Å². The zero-order valence-corrected chi connectivity index (χ0v) is 12.3. The molecule has 1 atom stereocenters. The molecular formula is C12H14BrNS2. The highest BCUT2D eigenvalue weighted by Crippen LogP contribution is 2.30. The molecule has 0 saturated heterocycles. The topological polar surface area (TPSA) is 12.0 Å². The van der Waals surface area contributed by atoms with Crippen LogP contribution in [0.3, 0.4) is 0 Å². The first kappa shape index (κ1) is 12.3. The summed E-state index contributed by atoms with van der Waals surface area (Å²) in [6.07, 6.45) is 1.16. The van der Waals surface area contributed by atoms with Gasteiger partial charge in [-0.2, -0.15) is 11.3 Å². The van der Waals surface area contributed by atoms with E-state index in [0.29, 0.717) is 6.04 Å². The van der Waals surface area contributed by atoms with Gasteiger partial charge in [0.2, 0.25) is 0 Å². The lowest BCUT2D eigenvalue weighted by atomic mass is 10.0. The molecule has 4 heteroatoms. The summed E-state index contributed by atoms with van der Waals surface area (Å²) in [7, 11) is 0. The molecule has 1 N–H and O–H groups in total. The van der Waals surface area contributed by atoms with Crippen molar-refractivity contribution in [2.45, 2.75) is 19.4 Å². The third-order valence-corrected chi connectivity index (χ3v) is 4.62. The van der Waals surface area contributed by atoms with E-state index < -0.39 is 0 Å². The van der Waals surface area contributed by atoms with Crippen molar-refractivity contribution in [3.63, 3.8) is 0 Å². The molecule has 2 aromatic rings. The molecule has 0 fully saturated rings. The van der Waals surface area contributed by atoms with Crippen molar-refractivity contribution in [2.75, 3.05) is 6.54 Å². The number of rotatable bonds is 5. The van der Waals surface area contributed by atoms with E-state index in [-0.39, 0.29) is 0 Å². The number of thiophene rings is 2. The molecule has 0 aromatic carbocycles. The second-order valence-corrected chi connectivity index (χ2v) is 6.70. The molecule has 2 aromatic heterocycles. The highest BCUT2D eigenvalue weighted by atomic mass is 79.9. The molecule has 0 aliphatic heterocycles. The van der Waals surface area contributed by atoms with Gasteiger partial charge in [0, 0.05) is 0 Å². The van der Waals surface area contributed by atoms with Gasteiger partial charge in [-0.05, 0) is 68.3 Å². The molecule has 1 nitrogen and oxygen atoms in total. The molecule has 0 aliphatic rings. The van der Waals surface area contributed by atoms with Gasteiger partial charge in [-0.25, -0.2) is 0 Å².